The van der Waals surface area contributed by atoms with Gasteiger partial charge in [0.25, 0.3) is 0 Å². The molecule has 2 heterocycles. The number of rotatable bonds is 6. The van der Waals surface area contributed by atoms with Crippen LogP contribution in [0.15, 0.2) is 48.8 Å². The Morgan fingerprint density at radius 3 is 2.68 bits per heavy atom. The Bertz CT molecular complexity index is 670. The first-order valence-corrected chi connectivity index (χ1v) is 8.45. The first kappa shape index (κ1) is 17.2. The predicted molar refractivity (Wildman–Crippen MR) is 95.6 cm³/mol. The van der Waals surface area contributed by atoms with Crippen LogP contribution in [0.4, 0.5) is 10.5 Å². The van der Waals surface area contributed by atoms with E-state index in [4.69, 9.17) is 9.47 Å². The van der Waals surface area contributed by atoms with Crippen LogP contribution in [-0.4, -0.2) is 42.3 Å². The van der Waals surface area contributed by atoms with Crippen LogP contribution in [0.3, 0.4) is 0 Å². The van der Waals surface area contributed by atoms with Crippen LogP contribution in [0.1, 0.15) is 18.4 Å². The van der Waals surface area contributed by atoms with E-state index in [1.165, 1.54) is 0 Å². The highest BCUT2D eigenvalue weighted by atomic mass is 16.5. The molecule has 2 amide bonds. The Kier molecular flexibility index (Phi) is 5.85. The van der Waals surface area contributed by atoms with Gasteiger partial charge < -0.3 is 19.7 Å². The fraction of sp³-hybridized carbons (Fsp3) is 0.368. The number of aromatic nitrogens is 1. The fourth-order valence-corrected chi connectivity index (χ4v) is 2.84. The minimum atomic E-state index is -0.141. The van der Waals surface area contributed by atoms with Gasteiger partial charge in [-0.1, -0.05) is 0 Å². The molecule has 1 aliphatic heterocycles. The number of urea groups is 1. The number of carbonyl (C=O) groups is 1. The molecule has 0 radical (unpaired) electrons. The molecule has 1 aliphatic rings. The second-order valence-corrected chi connectivity index (χ2v) is 6.03. The van der Waals surface area contributed by atoms with Crippen molar-refractivity contribution in [2.45, 2.75) is 25.5 Å². The van der Waals surface area contributed by atoms with E-state index in [2.05, 4.69) is 10.3 Å². The Hall–Kier alpha value is -2.60. The van der Waals surface area contributed by atoms with E-state index < -0.39 is 0 Å². The number of hydrogen-bond donors (Lipinski definition) is 1. The highest BCUT2D eigenvalue weighted by molar-refractivity contribution is 5.89. The molecule has 1 atom stereocenters. The zero-order chi connectivity index (χ0) is 17.5. The van der Waals surface area contributed by atoms with Gasteiger partial charge in [0, 0.05) is 37.8 Å². The molecule has 0 aliphatic carbocycles. The summed E-state index contributed by atoms with van der Waals surface area (Å²) in [5.74, 6) is 0.756. The van der Waals surface area contributed by atoms with E-state index in [-0.39, 0.29) is 12.1 Å². The van der Waals surface area contributed by atoms with Crippen LogP contribution < -0.4 is 10.1 Å². The van der Waals surface area contributed by atoms with Crippen LogP contribution in [0, 0.1) is 0 Å². The van der Waals surface area contributed by atoms with Crippen molar-refractivity contribution in [2.24, 2.45) is 0 Å². The SMILES string of the molecule is COc1ccc(NC(=O)N(Cc2ccncc2)C[C@@H]2CCCO2)cc1. The van der Waals surface area contributed by atoms with Gasteiger partial charge in [-0.25, -0.2) is 4.79 Å². The van der Waals surface area contributed by atoms with Gasteiger partial charge in [0.15, 0.2) is 0 Å². The van der Waals surface area contributed by atoms with Crippen LogP contribution in [-0.2, 0) is 11.3 Å². The summed E-state index contributed by atoms with van der Waals surface area (Å²) < 4.78 is 10.8. The van der Waals surface area contributed by atoms with Crippen molar-refractivity contribution < 1.29 is 14.3 Å². The summed E-state index contributed by atoms with van der Waals surface area (Å²) >= 11 is 0. The molecule has 1 N–H and O–H groups in total. The van der Waals surface area contributed by atoms with E-state index in [1.54, 1.807) is 24.4 Å². The highest BCUT2D eigenvalue weighted by Gasteiger charge is 2.23. The lowest BCUT2D eigenvalue weighted by Crippen LogP contribution is -2.39. The second kappa shape index (κ2) is 8.48. The van der Waals surface area contributed by atoms with E-state index in [1.807, 2.05) is 36.4 Å². The Morgan fingerprint density at radius 1 is 1.28 bits per heavy atom. The molecule has 0 saturated carbocycles. The van der Waals surface area contributed by atoms with Gasteiger partial charge in [-0.2, -0.15) is 0 Å². The molecule has 1 aromatic heterocycles. The van der Waals surface area contributed by atoms with Crippen molar-refractivity contribution in [1.82, 2.24) is 9.88 Å². The van der Waals surface area contributed by atoms with Gasteiger partial charge >= 0.3 is 6.03 Å². The van der Waals surface area contributed by atoms with Crippen molar-refractivity contribution >= 4 is 11.7 Å². The molecular weight excluding hydrogens is 318 g/mol. The summed E-state index contributed by atoms with van der Waals surface area (Å²) in [5, 5.41) is 2.95. The number of hydrogen-bond acceptors (Lipinski definition) is 4. The van der Waals surface area contributed by atoms with Crippen LogP contribution >= 0.6 is 0 Å². The number of nitrogens with zero attached hydrogens (tertiary/aromatic N) is 2. The third-order valence-electron chi connectivity index (χ3n) is 4.20. The monoisotopic (exact) mass is 341 g/mol. The molecule has 1 fully saturated rings. The molecule has 1 saturated heterocycles. The summed E-state index contributed by atoms with van der Waals surface area (Å²) in [6.45, 7) is 1.86. The molecule has 3 rings (SSSR count). The summed E-state index contributed by atoms with van der Waals surface area (Å²) in [6, 6.07) is 11.0. The zero-order valence-electron chi connectivity index (χ0n) is 14.4. The molecule has 6 nitrogen and oxygen atoms in total. The molecule has 0 bridgehead atoms. The predicted octanol–water partition coefficient (Wildman–Crippen LogP) is 3.30. The largest absolute Gasteiger partial charge is 0.497 e. The number of nitrogens with one attached hydrogen (secondary N) is 1. The molecule has 1 aromatic carbocycles. The molecule has 0 spiro atoms. The second-order valence-electron chi connectivity index (χ2n) is 6.03. The maximum atomic E-state index is 12.8. The number of amides is 2. The third kappa shape index (κ3) is 4.93. The molecule has 6 heteroatoms. The van der Waals surface area contributed by atoms with Crippen molar-refractivity contribution in [1.29, 1.82) is 0 Å². The lowest BCUT2D eigenvalue weighted by atomic mass is 10.2. The number of benzene rings is 1. The molecule has 0 unspecified atom stereocenters. The quantitative estimate of drug-likeness (QED) is 0.875. The van der Waals surface area contributed by atoms with Crippen LogP contribution in [0.5, 0.6) is 5.75 Å². The van der Waals surface area contributed by atoms with E-state index >= 15 is 0 Å². The van der Waals surface area contributed by atoms with Gasteiger partial charge in [-0.15, -0.1) is 0 Å². The van der Waals surface area contributed by atoms with E-state index in [9.17, 15) is 4.79 Å². The van der Waals surface area contributed by atoms with Gasteiger partial charge in [0.1, 0.15) is 5.75 Å². The Morgan fingerprint density at radius 2 is 2.04 bits per heavy atom. The van der Waals surface area contributed by atoms with Crippen molar-refractivity contribution in [3.05, 3.63) is 54.4 Å². The van der Waals surface area contributed by atoms with E-state index in [0.29, 0.717) is 13.1 Å². The molecule has 2 aromatic rings. The Balaban J connectivity index is 1.68. The average Bonchev–Trinajstić information content (AvgIpc) is 3.16. The lowest BCUT2D eigenvalue weighted by molar-refractivity contribution is 0.0819. The summed E-state index contributed by atoms with van der Waals surface area (Å²) in [6.07, 6.45) is 5.61. The van der Waals surface area contributed by atoms with E-state index in [0.717, 1.165) is 36.4 Å². The smallest absolute Gasteiger partial charge is 0.322 e. The van der Waals surface area contributed by atoms with Gasteiger partial charge in [-0.3, -0.25) is 4.98 Å². The first-order chi connectivity index (χ1) is 12.2. The highest BCUT2D eigenvalue weighted by Crippen LogP contribution is 2.18. The van der Waals surface area contributed by atoms with Crippen molar-refractivity contribution in [3.8, 4) is 5.75 Å². The minimum Gasteiger partial charge on any atom is -0.497 e. The third-order valence-corrected chi connectivity index (χ3v) is 4.20. The zero-order valence-corrected chi connectivity index (χ0v) is 14.4. The fourth-order valence-electron chi connectivity index (χ4n) is 2.84. The summed E-state index contributed by atoms with van der Waals surface area (Å²) in [7, 11) is 1.62. The number of anilines is 1. The minimum absolute atomic E-state index is 0.100. The molecule has 132 valence electrons. The molecular formula is C19H23N3O3. The normalized spacial score (nSPS) is 16.4. The molecule has 25 heavy (non-hydrogen) atoms. The maximum Gasteiger partial charge on any atom is 0.322 e. The topological polar surface area (TPSA) is 63.7 Å². The maximum absolute atomic E-state index is 12.8. The lowest BCUT2D eigenvalue weighted by Gasteiger charge is -2.26. The number of methoxy groups -OCH3 is 1. The van der Waals surface area contributed by atoms with Gasteiger partial charge in [-0.05, 0) is 54.8 Å². The number of ether oxygens (including phenoxy) is 2. The van der Waals surface area contributed by atoms with Gasteiger partial charge in [0.05, 0.1) is 13.2 Å². The summed E-state index contributed by atoms with van der Waals surface area (Å²) in [4.78, 5) is 18.6. The standard InChI is InChI=1S/C19H23N3O3/c1-24-17-6-4-16(5-7-17)21-19(23)22(14-18-3-2-12-25-18)13-15-8-10-20-11-9-15/h4-11,18H,2-3,12-14H2,1H3,(H,21,23)/t18-/m0/s1. The van der Waals surface area contributed by atoms with Gasteiger partial charge in [0.2, 0.25) is 0 Å². The van der Waals surface area contributed by atoms with Crippen LogP contribution in [0.2, 0.25) is 0 Å². The average molecular weight is 341 g/mol. The Labute approximate surface area is 147 Å². The van der Waals surface area contributed by atoms with Crippen molar-refractivity contribution in [2.75, 3.05) is 25.6 Å². The summed E-state index contributed by atoms with van der Waals surface area (Å²) in [5.41, 5.74) is 1.77. The first-order valence-electron chi connectivity index (χ1n) is 8.45. The van der Waals surface area contributed by atoms with Crippen molar-refractivity contribution in [3.63, 3.8) is 0 Å². The van der Waals surface area contributed by atoms with Crippen LogP contribution in [0.25, 0.3) is 0 Å². The number of pyridine rings is 1. The number of carbonyl (C=O) groups excluding carboxylic acids is 1.